The van der Waals surface area contributed by atoms with Crippen LogP contribution >= 0.6 is 11.3 Å². The molecule has 0 aromatic carbocycles. The number of hydrogen-bond acceptors (Lipinski definition) is 6. The third kappa shape index (κ3) is 2.86. The van der Waals surface area contributed by atoms with Crippen LogP contribution in [0.15, 0.2) is 17.9 Å². The number of ether oxygens (including phenoxy) is 2. The van der Waals surface area contributed by atoms with Crippen LogP contribution in [-0.2, 0) is 9.47 Å². The van der Waals surface area contributed by atoms with Crippen molar-refractivity contribution in [2.24, 2.45) is 0 Å². The lowest BCUT2D eigenvalue weighted by atomic mass is 9.83. The van der Waals surface area contributed by atoms with Crippen molar-refractivity contribution in [3.63, 3.8) is 0 Å². The number of anilines is 1. The summed E-state index contributed by atoms with van der Waals surface area (Å²) in [6.07, 6.45) is 7.84. The lowest BCUT2D eigenvalue weighted by Gasteiger charge is -2.36. The van der Waals surface area contributed by atoms with Gasteiger partial charge in [-0.1, -0.05) is 37.2 Å². The van der Waals surface area contributed by atoms with E-state index in [1.165, 1.54) is 11.3 Å². The lowest BCUT2D eigenvalue weighted by Crippen LogP contribution is -2.36. The number of nitrogens with zero attached hydrogens (tertiary/aromatic N) is 2. The molecular weight excluding hydrogens is 274 g/mol. The van der Waals surface area contributed by atoms with Crippen LogP contribution in [0, 0.1) is 0 Å². The molecule has 1 atom stereocenters. The van der Waals surface area contributed by atoms with Crippen LogP contribution in [0.5, 0.6) is 0 Å². The Morgan fingerprint density at radius 2 is 2.15 bits per heavy atom. The highest BCUT2D eigenvalue weighted by molar-refractivity contribution is 7.16. The molecule has 110 valence electrons. The zero-order valence-corrected chi connectivity index (χ0v) is 13.0. The Labute approximate surface area is 123 Å². The van der Waals surface area contributed by atoms with Gasteiger partial charge in [0.1, 0.15) is 16.4 Å². The summed E-state index contributed by atoms with van der Waals surface area (Å²) in [4.78, 5) is 0. The van der Waals surface area contributed by atoms with Gasteiger partial charge in [0.05, 0.1) is 7.11 Å². The summed E-state index contributed by atoms with van der Waals surface area (Å²) in [5, 5.41) is 9.34. The van der Waals surface area contributed by atoms with Gasteiger partial charge < -0.3 is 15.2 Å². The molecule has 1 heterocycles. The monoisotopic (exact) mass is 295 g/mol. The van der Waals surface area contributed by atoms with Crippen molar-refractivity contribution < 1.29 is 9.47 Å². The molecule has 0 amide bonds. The molecule has 2 rings (SSSR count). The zero-order valence-electron chi connectivity index (χ0n) is 12.2. The smallest absolute Gasteiger partial charge is 0.203 e. The summed E-state index contributed by atoms with van der Waals surface area (Å²) >= 11 is 1.40. The molecule has 6 heteroatoms. The molecule has 5 nitrogen and oxygen atoms in total. The molecule has 1 unspecified atom stereocenters. The van der Waals surface area contributed by atoms with Crippen molar-refractivity contribution in [2.45, 2.75) is 38.2 Å². The summed E-state index contributed by atoms with van der Waals surface area (Å²) < 4.78 is 11.4. The quantitative estimate of drug-likeness (QED) is 0.873. The van der Waals surface area contributed by atoms with E-state index >= 15 is 0 Å². The highest BCUT2D eigenvalue weighted by Gasteiger charge is 2.38. The van der Waals surface area contributed by atoms with Crippen LogP contribution < -0.4 is 5.73 Å². The number of rotatable bonds is 6. The van der Waals surface area contributed by atoms with E-state index in [0.29, 0.717) is 5.13 Å². The van der Waals surface area contributed by atoms with Gasteiger partial charge >= 0.3 is 0 Å². The molecule has 1 aliphatic rings. The van der Waals surface area contributed by atoms with E-state index in [0.717, 1.165) is 42.0 Å². The van der Waals surface area contributed by atoms with Crippen molar-refractivity contribution in [1.29, 1.82) is 0 Å². The summed E-state index contributed by atoms with van der Waals surface area (Å²) in [5.41, 5.74) is 6.35. The summed E-state index contributed by atoms with van der Waals surface area (Å²) in [6.45, 7) is 2.17. The number of unbranched alkanes of at least 4 members (excludes halogenated alkanes) is 1. The van der Waals surface area contributed by atoms with Crippen molar-refractivity contribution in [3.05, 3.63) is 22.9 Å². The molecule has 1 aromatic rings. The minimum absolute atomic E-state index is 0.407. The van der Waals surface area contributed by atoms with Crippen molar-refractivity contribution in [1.82, 2.24) is 10.2 Å². The average molecular weight is 295 g/mol. The summed E-state index contributed by atoms with van der Waals surface area (Å²) in [5.74, 6) is 0.870. The number of allylic oxidation sites excluding steroid dienone is 2. The highest BCUT2D eigenvalue weighted by Crippen LogP contribution is 2.41. The van der Waals surface area contributed by atoms with Crippen LogP contribution in [0.25, 0.3) is 5.57 Å². The van der Waals surface area contributed by atoms with Crippen LogP contribution in [0.3, 0.4) is 0 Å². The molecule has 0 spiro atoms. The second kappa shape index (κ2) is 6.37. The Morgan fingerprint density at radius 1 is 1.35 bits per heavy atom. The van der Waals surface area contributed by atoms with E-state index in [-0.39, 0.29) is 0 Å². The van der Waals surface area contributed by atoms with Gasteiger partial charge in [-0.15, -0.1) is 10.2 Å². The molecule has 2 N–H and O–H groups in total. The predicted octanol–water partition coefficient (Wildman–Crippen LogP) is 3.01. The SMILES string of the molecule is CCCCC1(OC)CC(c2nnc(N)s2)=CC=C1OC. The lowest BCUT2D eigenvalue weighted by molar-refractivity contribution is -0.0241. The minimum atomic E-state index is -0.407. The molecule has 1 aliphatic carbocycles. The number of methoxy groups -OCH3 is 2. The van der Waals surface area contributed by atoms with Gasteiger partial charge in [0.2, 0.25) is 5.13 Å². The molecule has 0 saturated carbocycles. The number of hydrogen-bond donors (Lipinski definition) is 1. The molecule has 20 heavy (non-hydrogen) atoms. The molecule has 1 aromatic heterocycles. The summed E-state index contributed by atoms with van der Waals surface area (Å²) in [7, 11) is 3.42. The van der Waals surface area contributed by atoms with E-state index < -0.39 is 5.60 Å². The van der Waals surface area contributed by atoms with Gasteiger partial charge in [0.25, 0.3) is 0 Å². The second-order valence-corrected chi connectivity index (χ2v) is 5.86. The topological polar surface area (TPSA) is 70.3 Å². The molecule has 0 radical (unpaired) electrons. The molecular formula is C14H21N3O2S. The van der Waals surface area contributed by atoms with E-state index in [1.807, 2.05) is 12.2 Å². The standard InChI is InChI=1S/C14H21N3O2S/c1-4-5-8-14(19-3)9-10(6-7-11(14)18-2)12-16-17-13(15)20-12/h6-7H,4-5,8-9H2,1-3H3,(H2,15,17). The van der Waals surface area contributed by atoms with E-state index in [2.05, 4.69) is 17.1 Å². The van der Waals surface area contributed by atoms with Crippen molar-refractivity contribution in [2.75, 3.05) is 20.0 Å². The zero-order chi connectivity index (χ0) is 14.6. The molecule has 0 fully saturated rings. The first-order valence-electron chi connectivity index (χ1n) is 6.75. The third-order valence-corrected chi connectivity index (χ3v) is 4.45. The van der Waals surface area contributed by atoms with Crippen LogP contribution in [0.4, 0.5) is 5.13 Å². The fraction of sp³-hybridized carbons (Fsp3) is 0.571. The Kier molecular flexibility index (Phi) is 4.77. The van der Waals surface area contributed by atoms with E-state index in [4.69, 9.17) is 15.2 Å². The van der Waals surface area contributed by atoms with Gasteiger partial charge in [-0.05, 0) is 18.1 Å². The predicted molar refractivity (Wildman–Crippen MR) is 81.3 cm³/mol. The Balaban J connectivity index is 2.31. The second-order valence-electron chi connectivity index (χ2n) is 4.85. The third-order valence-electron chi connectivity index (χ3n) is 3.62. The number of aromatic nitrogens is 2. The molecule has 0 bridgehead atoms. The fourth-order valence-electron chi connectivity index (χ4n) is 2.50. The van der Waals surface area contributed by atoms with Gasteiger partial charge in [-0.3, -0.25) is 0 Å². The maximum absolute atomic E-state index is 5.83. The maximum atomic E-state index is 5.83. The Morgan fingerprint density at radius 3 is 2.70 bits per heavy atom. The average Bonchev–Trinajstić information content (AvgIpc) is 2.91. The molecule has 0 saturated heterocycles. The Hall–Kier alpha value is -1.40. The van der Waals surface area contributed by atoms with Gasteiger partial charge in [-0.25, -0.2) is 0 Å². The van der Waals surface area contributed by atoms with E-state index in [1.54, 1.807) is 14.2 Å². The normalized spacial score (nSPS) is 22.4. The number of nitrogen functional groups attached to an aromatic ring is 1. The van der Waals surface area contributed by atoms with Gasteiger partial charge in [0, 0.05) is 13.5 Å². The fourth-order valence-corrected chi connectivity index (χ4v) is 3.13. The first-order chi connectivity index (χ1) is 9.65. The highest BCUT2D eigenvalue weighted by atomic mass is 32.1. The molecule has 0 aliphatic heterocycles. The van der Waals surface area contributed by atoms with Crippen LogP contribution in [0.1, 0.15) is 37.6 Å². The largest absolute Gasteiger partial charge is 0.498 e. The minimum Gasteiger partial charge on any atom is -0.498 e. The first kappa shape index (κ1) is 15.0. The van der Waals surface area contributed by atoms with Gasteiger partial charge in [0.15, 0.2) is 0 Å². The van der Waals surface area contributed by atoms with Crippen LogP contribution in [0.2, 0.25) is 0 Å². The van der Waals surface area contributed by atoms with E-state index in [9.17, 15) is 0 Å². The van der Waals surface area contributed by atoms with Crippen molar-refractivity contribution in [3.8, 4) is 0 Å². The van der Waals surface area contributed by atoms with Crippen LogP contribution in [-0.4, -0.2) is 30.0 Å². The summed E-state index contributed by atoms with van der Waals surface area (Å²) in [6, 6.07) is 0. The first-order valence-corrected chi connectivity index (χ1v) is 7.56. The number of nitrogens with two attached hydrogens (primary N) is 1. The van der Waals surface area contributed by atoms with Gasteiger partial charge in [-0.2, -0.15) is 0 Å². The van der Waals surface area contributed by atoms with Crippen molar-refractivity contribution >= 4 is 22.0 Å². The Bertz CT molecular complexity index is 524. The maximum Gasteiger partial charge on any atom is 0.203 e.